The zero-order valence-corrected chi connectivity index (χ0v) is 11.5. The Hall–Kier alpha value is -2.48. The average molecular weight is 289 g/mol. The van der Waals surface area contributed by atoms with E-state index < -0.39 is 5.56 Å². The number of rotatable bonds is 2. The van der Waals surface area contributed by atoms with Crippen molar-refractivity contribution < 1.29 is 9.53 Å². The molecule has 0 aromatic carbocycles. The minimum atomic E-state index is -0.448. The van der Waals surface area contributed by atoms with Gasteiger partial charge in [-0.25, -0.2) is 9.97 Å². The number of carbonyl (C=O) groups excluding carboxylic acids is 1. The van der Waals surface area contributed by atoms with Crippen molar-refractivity contribution in [3.05, 3.63) is 46.2 Å². The number of nitrogens with one attached hydrogen (secondary N) is 2. The molecule has 1 aliphatic rings. The van der Waals surface area contributed by atoms with Crippen LogP contribution in [0.15, 0.2) is 23.5 Å². The molecular weight excluding hydrogens is 274 g/mol. The number of H-pyrrole nitrogens is 2. The van der Waals surface area contributed by atoms with Gasteiger partial charge in [-0.2, -0.15) is 0 Å². The number of aromatic amines is 2. The zero-order valence-electron chi connectivity index (χ0n) is 11.5. The largest absolute Gasteiger partial charge is 0.377 e. The standard InChI is InChI=1S/C13H15N5O3/c1-8-4-15-11(17-8)10-6-21-3-2-18(10)13(20)9-5-14-7-16-12(9)19/h4-5,7,10H,2-3,6H2,1H3,(H,15,17)(H,14,16,19)/t10-/m0/s1. The number of hydrogen-bond acceptors (Lipinski definition) is 5. The highest BCUT2D eigenvalue weighted by atomic mass is 16.5. The molecule has 110 valence electrons. The Kier molecular flexibility index (Phi) is 3.53. The van der Waals surface area contributed by atoms with Crippen molar-refractivity contribution >= 4 is 5.91 Å². The number of ether oxygens (including phenoxy) is 1. The van der Waals surface area contributed by atoms with Crippen LogP contribution < -0.4 is 5.56 Å². The van der Waals surface area contributed by atoms with Gasteiger partial charge in [0, 0.05) is 24.6 Å². The summed E-state index contributed by atoms with van der Waals surface area (Å²) in [6.07, 6.45) is 4.23. The summed E-state index contributed by atoms with van der Waals surface area (Å²) in [4.78, 5) is 39.5. The van der Waals surface area contributed by atoms with Gasteiger partial charge in [0.05, 0.1) is 19.5 Å². The lowest BCUT2D eigenvalue weighted by Gasteiger charge is -2.34. The smallest absolute Gasteiger partial charge is 0.263 e. The predicted octanol–water partition coefficient (Wildman–Crippen LogP) is 0.0151. The average Bonchev–Trinajstić information content (AvgIpc) is 2.93. The molecule has 21 heavy (non-hydrogen) atoms. The molecular formula is C13H15N5O3. The molecule has 1 atom stereocenters. The molecule has 2 N–H and O–H groups in total. The molecule has 2 aromatic heterocycles. The molecule has 2 aromatic rings. The second kappa shape index (κ2) is 5.49. The molecule has 1 aliphatic heterocycles. The van der Waals surface area contributed by atoms with E-state index >= 15 is 0 Å². The van der Waals surface area contributed by atoms with Gasteiger partial charge in [-0.05, 0) is 6.92 Å². The summed E-state index contributed by atoms with van der Waals surface area (Å²) < 4.78 is 5.44. The van der Waals surface area contributed by atoms with Crippen LogP contribution in [0, 0.1) is 6.92 Å². The first-order chi connectivity index (χ1) is 10.2. The van der Waals surface area contributed by atoms with Crippen molar-refractivity contribution in [2.45, 2.75) is 13.0 Å². The number of aromatic nitrogens is 4. The van der Waals surface area contributed by atoms with Gasteiger partial charge in [-0.1, -0.05) is 0 Å². The Labute approximate surface area is 120 Å². The fourth-order valence-corrected chi connectivity index (χ4v) is 2.33. The van der Waals surface area contributed by atoms with Crippen molar-refractivity contribution in [2.24, 2.45) is 0 Å². The van der Waals surface area contributed by atoms with E-state index in [4.69, 9.17) is 4.74 Å². The van der Waals surface area contributed by atoms with Crippen LogP contribution >= 0.6 is 0 Å². The van der Waals surface area contributed by atoms with Crippen molar-refractivity contribution in [2.75, 3.05) is 19.8 Å². The summed E-state index contributed by atoms with van der Waals surface area (Å²) in [7, 11) is 0. The Bertz CT molecular complexity index is 708. The summed E-state index contributed by atoms with van der Waals surface area (Å²) in [6, 6.07) is -0.334. The highest BCUT2D eigenvalue weighted by Gasteiger charge is 2.32. The lowest BCUT2D eigenvalue weighted by molar-refractivity contribution is -0.00513. The van der Waals surface area contributed by atoms with Gasteiger partial charge in [0.1, 0.15) is 17.4 Å². The molecule has 0 aliphatic carbocycles. The molecule has 0 bridgehead atoms. The first-order valence-electron chi connectivity index (χ1n) is 6.59. The molecule has 3 heterocycles. The van der Waals surface area contributed by atoms with E-state index in [2.05, 4.69) is 19.9 Å². The molecule has 0 radical (unpaired) electrons. The molecule has 8 nitrogen and oxygen atoms in total. The molecule has 3 rings (SSSR count). The van der Waals surface area contributed by atoms with E-state index in [-0.39, 0.29) is 17.5 Å². The van der Waals surface area contributed by atoms with Crippen molar-refractivity contribution in [1.29, 1.82) is 0 Å². The van der Waals surface area contributed by atoms with Crippen LogP contribution in [0.4, 0.5) is 0 Å². The van der Waals surface area contributed by atoms with Gasteiger partial charge < -0.3 is 19.6 Å². The highest BCUT2D eigenvalue weighted by molar-refractivity contribution is 5.93. The second-order valence-electron chi connectivity index (χ2n) is 4.84. The van der Waals surface area contributed by atoms with Crippen LogP contribution in [0.2, 0.25) is 0 Å². The fraction of sp³-hybridized carbons (Fsp3) is 0.385. The lowest BCUT2D eigenvalue weighted by Crippen LogP contribution is -2.45. The first-order valence-corrected chi connectivity index (χ1v) is 6.59. The van der Waals surface area contributed by atoms with Gasteiger partial charge >= 0.3 is 0 Å². The van der Waals surface area contributed by atoms with Crippen molar-refractivity contribution in [3.63, 3.8) is 0 Å². The number of carbonyl (C=O) groups is 1. The van der Waals surface area contributed by atoms with Gasteiger partial charge in [-0.15, -0.1) is 0 Å². The third-order valence-electron chi connectivity index (χ3n) is 3.38. The SMILES string of the molecule is Cc1cnc([C@@H]2COCCN2C(=O)c2cnc[nH]c2=O)[nH]1. The van der Waals surface area contributed by atoms with Gasteiger partial charge in [-0.3, -0.25) is 9.59 Å². The number of aryl methyl sites for hydroxylation is 1. The van der Waals surface area contributed by atoms with Gasteiger partial charge in [0.15, 0.2) is 0 Å². The lowest BCUT2D eigenvalue weighted by atomic mass is 10.1. The monoisotopic (exact) mass is 289 g/mol. The third-order valence-corrected chi connectivity index (χ3v) is 3.38. The Morgan fingerprint density at radius 2 is 2.33 bits per heavy atom. The topological polar surface area (TPSA) is 104 Å². The van der Waals surface area contributed by atoms with E-state index in [1.165, 1.54) is 12.5 Å². The maximum Gasteiger partial charge on any atom is 0.263 e. The van der Waals surface area contributed by atoms with Crippen LogP contribution in [0.1, 0.15) is 27.9 Å². The Balaban J connectivity index is 1.93. The maximum atomic E-state index is 12.6. The predicted molar refractivity (Wildman–Crippen MR) is 72.8 cm³/mol. The summed E-state index contributed by atoms with van der Waals surface area (Å²) in [5.74, 6) is 0.285. The van der Waals surface area contributed by atoms with Crippen LogP contribution in [0.25, 0.3) is 0 Å². The quantitative estimate of drug-likeness (QED) is 0.810. The maximum absolute atomic E-state index is 12.6. The zero-order chi connectivity index (χ0) is 14.8. The van der Waals surface area contributed by atoms with Crippen LogP contribution in [0.3, 0.4) is 0 Å². The second-order valence-corrected chi connectivity index (χ2v) is 4.84. The number of morpholine rings is 1. The van der Waals surface area contributed by atoms with E-state index in [9.17, 15) is 9.59 Å². The van der Waals surface area contributed by atoms with E-state index in [1.807, 2.05) is 6.92 Å². The molecule has 0 spiro atoms. The van der Waals surface area contributed by atoms with Crippen LogP contribution in [-0.2, 0) is 4.74 Å². The number of imidazole rings is 1. The highest BCUT2D eigenvalue weighted by Crippen LogP contribution is 2.23. The minimum absolute atomic E-state index is 0.0210. The number of nitrogens with zero attached hydrogens (tertiary/aromatic N) is 3. The molecule has 0 unspecified atom stereocenters. The van der Waals surface area contributed by atoms with Crippen molar-refractivity contribution in [3.8, 4) is 0 Å². The Morgan fingerprint density at radius 3 is 3.05 bits per heavy atom. The molecule has 1 amide bonds. The number of amides is 1. The number of hydrogen-bond donors (Lipinski definition) is 2. The molecule has 0 saturated carbocycles. The van der Waals surface area contributed by atoms with Crippen LogP contribution in [0.5, 0.6) is 0 Å². The van der Waals surface area contributed by atoms with Gasteiger partial charge in [0.2, 0.25) is 0 Å². The summed E-state index contributed by atoms with van der Waals surface area (Å²) in [5, 5.41) is 0. The van der Waals surface area contributed by atoms with Gasteiger partial charge in [0.25, 0.3) is 11.5 Å². The van der Waals surface area contributed by atoms with E-state index in [0.717, 1.165) is 5.69 Å². The summed E-state index contributed by atoms with van der Waals surface area (Å²) >= 11 is 0. The minimum Gasteiger partial charge on any atom is -0.377 e. The van der Waals surface area contributed by atoms with Crippen molar-refractivity contribution in [1.82, 2.24) is 24.8 Å². The summed E-state index contributed by atoms with van der Waals surface area (Å²) in [5.41, 5.74) is 0.478. The fourth-order valence-electron chi connectivity index (χ4n) is 2.33. The summed E-state index contributed by atoms with van der Waals surface area (Å²) in [6.45, 7) is 3.06. The normalized spacial score (nSPS) is 18.7. The van der Waals surface area contributed by atoms with E-state index in [1.54, 1.807) is 11.1 Å². The van der Waals surface area contributed by atoms with Crippen LogP contribution in [-0.4, -0.2) is 50.5 Å². The molecule has 1 fully saturated rings. The third kappa shape index (κ3) is 2.57. The molecule has 1 saturated heterocycles. The van der Waals surface area contributed by atoms with E-state index in [0.29, 0.717) is 25.6 Å². The molecule has 8 heteroatoms. The first kappa shape index (κ1) is 13.5. The Morgan fingerprint density at radius 1 is 1.48 bits per heavy atom.